The number of carboxylic acid groups (broad SMARTS) is 1. The van der Waals surface area contributed by atoms with Gasteiger partial charge < -0.3 is 25.5 Å². The van der Waals surface area contributed by atoms with Crippen molar-refractivity contribution < 1.29 is 33.9 Å². The maximum atomic E-state index is 12.4. The van der Waals surface area contributed by atoms with Gasteiger partial charge in [-0.05, 0) is 141 Å². The van der Waals surface area contributed by atoms with Crippen molar-refractivity contribution in [1.29, 1.82) is 0 Å². The Morgan fingerprint density at radius 1 is 0.486 bits per heavy atom. The number of aliphatic carboxylic acids is 1. The van der Waals surface area contributed by atoms with Gasteiger partial charge in [-0.25, -0.2) is 0 Å². The summed E-state index contributed by atoms with van der Waals surface area (Å²) in [5.74, 6) is -0.903. The van der Waals surface area contributed by atoms with E-state index < -0.39 is 5.97 Å². The van der Waals surface area contributed by atoms with Gasteiger partial charge in [0, 0.05) is 83.4 Å². The summed E-state index contributed by atoms with van der Waals surface area (Å²) >= 11 is 5.86. The van der Waals surface area contributed by atoms with E-state index in [-0.39, 0.29) is 84.4 Å². The van der Waals surface area contributed by atoms with E-state index >= 15 is 0 Å². The largest absolute Gasteiger partial charge is 0.481 e. The second-order valence-electron chi connectivity index (χ2n) is 20.5. The number of benzene rings is 5. The molecule has 2 saturated carbocycles. The summed E-state index contributed by atoms with van der Waals surface area (Å²) in [7, 11) is 8.65. The highest BCUT2D eigenvalue weighted by molar-refractivity contribution is 6.30. The van der Waals surface area contributed by atoms with Crippen molar-refractivity contribution in [2.24, 2.45) is 0 Å². The molecule has 2 aliphatic rings. The molecule has 12 heteroatoms. The number of nitrogens with zero attached hydrogens (tertiary/aromatic N) is 2. The number of hydrogen-bond acceptors (Lipinski definition) is 8. The number of Topliss-reactive ketones (excluding diaryl/α,β-unsaturated/α-hetero) is 3. The molecular formula is C62H77ClN4O7. The first-order chi connectivity index (χ1) is 35.5. The number of aryl methyl sites for hydroxylation is 1. The van der Waals surface area contributed by atoms with Crippen LogP contribution >= 0.6 is 11.6 Å². The Balaban J connectivity index is 0.000000219. The van der Waals surface area contributed by atoms with Crippen LogP contribution in [0.1, 0.15) is 144 Å². The Morgan fingerprint density at radius 3 is 1.24 bits per heavy atom. The summed E-state index contributed by atoms with van der Waals surface area (Å²) in [5.41, 5.74) is 6.21. The van der Waals surface area contributed by atoms with Crippen LogP contribution < -0.4 is 10.6 Å². The third-order valence-corrected chi connectivity index (χ3v) is 15.1. The molecule has 394 valence electrons. The molecule has 0 bridgehead atoms. The molecule has 11 nitrogen and oxygen atoms in total. The van der Waals surface area contributed by atoms with Crippen molar-refractivity contribution in [3.05, 3.63) is 178 Å². The molecule has 0 saturated heterocycles. The minimum atomic E-state index is -0.856. The first-order valence-electron chi connectivity index (χ1n) is 26.2. The lowest BCUT2D eigenvalue weighted by Gasteiger charge is -2.45. The van der Waals surface area contributed by atoms with E-state index in [4.69, 9.17) is 16.7 Å². The number of nitrogens with one attached hydrogen (secondary N) is 2. The average molecular weight is 1030 g/mol. The standard InChI is InChI=1S/C26H34N2O2.C25H31ClN2O2.C11H12O3/c1-20-9-11-21(12-10-20)19-26(28(2)3)17-15-23(16-18-26)27-25(30)14-13-24(29)22-7-5-4-6-8-22;1-28(2)25(18-19-6-4-3-5-7-19)16-14-22(15-17-25)27-24(30)13-12-23(29)20-8-10-21(26)11-9-20;12-10(7-4-8-11(13)14)9-5-2-1-3-6-9/h4-12,23H,13-19H2,1-3H3,(H,27,30);3-11,22H,12-18H2,1-2H3,(H,27,30);1-3,5-6H,4,7-8H2,(H,13,14). The molecule has 0 aromatic heterocycles. The van der Waals surface area contributed by atoms with Gasteiger partial charge in [-0.1, -0.05) is 132 Å². The SMILES string of the molecule is CN(C)C1(Cc2ccccc2)CCC(NC(=O)CCC(=O)c2ccc(Cl)cc2)CC1.Cc1ccc(CC2(N(C)C)CCC(NC(=O)CCC(=O)c3ccccc3)CC2)cc1.O=C(O)CCCC(=O)c1ccccc1. The number of hydrogen-bond donors (Lipinski definition) is 3. The van der Waals surface area contributed by atoms with Gasteiger partial charge in [0.15, 0.2) is 17.3 Å². The zero-order chi connectivity index (χ0) is 53.5. The van der Waals surface area contributed by atoms with Gasteiger partial charge in [0.2, 0.25) is 11.8 Å². The first-order valence-corrected chi connectivity index (χ1v) is 26.5. The highest BCUT2D eigenvalue weighted by Crippen LogP contribution is 2.37. The van der Waals surface area contributed by atoms with Gasteiger partial charge in [0.1, 0.15) is 0 Å². The van der Waals surface area contributed by atoms with E-state index in [2.05, 4.69) is 110 Å². The smallest absolute Gasteiger partial charge is 0.303 e. The Hall–Kier alpha value is -6.27. The molecule has 0 heterocycles. The average Bonchev–Trinajstić information content (AvgIpc) is 3.40. The summed E-state index contributed by atoms with van der Waals surface area (Å²) < 4.78 is 0. The topological polar surface area (TPSA) is 153 Å². The number of carboxylic acids is 1. The maximum Gasteiger partial charge on any atom is 0.303 e. The number of likely N-dealkylation sites (N-methyl/N-ethyl adjacent to an activating group) is 2. The van der Waals surface area contributed by atoms with Crippen LogP contribution in [0.4, 0.5) is 0 Å². The second kappa shape index (κ2) is 29.6. The van der Waals surface area contributed by atoms with E-state index in [1.54, 1.807) is 60.7 Å². The van der Waals surface area contributed by atoms with E-state index in [0.29, 0.717) is 34.6 Å². The van der Waals surface area contributed by atoms with Gasteiger partial charge in [0.25, 0.3) is 0 Å². The highest BCUT2D eigenvalue weighted by Gasteiger charge is 2.39. The molecule has 2 aliphatic carbocycles. The minimum absolute atomic E-state index is 0.00634. The quantitative estimate of drug-likeness (QED) is 0.0610. The van der Waals surface area contributed by atoms with Crippen molar-refractivity contribution in [1.82, 2.24) is 20.4 Å². The highest BCUT2D eigenvalue weighted by atomic mass is 35.5. The van der Waals surface area contributed by atoms with Crippen LogP contribution in [0.2, 0.25) is 5.02 Å². The van der Waals surface area contributed by atoms with Crippen LogP contribution in [0.5, 0.6) is 0 Å². The van der Waals surface area contributed by atoms with Crippen LogP contribution in [0.3, 0.4) is 0 Å². The molecule has 0 atom stereocenters. The molecule has 0 unspecified atom stereocenters. The normalized spacial score (nSPS) is 19.2. The molecule has 5 aromatic rings. The summed E-state index contributed by atoms with van der Waals surface area (Å²) in [4.78, 5) is 75.6. The number of carbonyl (C=O) groups excluding carboxylic acids is 5. The van der Waals surface area contributed by atoms with Gasteiger partial charge in [0.05, 0.1) is 0 Å². The Bertz CT molecular complexity index is 2540. The Kier molecular flexibility index (Phi) is 23.4. The summed E-state index contributed by atoms with van der Waals surface area (Å²) in [6.45, 7) is 2.12. The van der Waals surface area contributed by atoms with Crippen LogP contribution in [-0.2, 0) is 27.2 Å². The lowest BCUT2D eigenvalue weighted by molar-refractivity contribution is -0.137. The monoisotopic (exact) mass is 1020 g/mol. The van der Waals surface area contributed by atoms with Crippen LogP contribution in [0, 0.1) is 6.92 Å². The lowest BCUT2D eigenvalue weighted by atomic mass is 9.74. The zero-order valence-corrected chi connectivity index (χ0v) is 44.9. The number of rotatable bonds is 21. The van der Waals surface area contributed by atoms with Crippen molar-refractivity contribution >= 4 is 46.7 Å². The molecule has 0 aliphatic heterocycles. The lowest BCUT2D eigenvalue weighted by Crippen LogP contribution is -2.52. The molecule has 0 spiro atoms. The van der Waals surface area contributed by atoms with Gasteiger partial charge in [-0.2, -0.15) is 0 Å². The molecule has 5 aromatic carbocycles. The van der Waals surface area contributed by atoms with Crippen molar-refractivity contribution in [2.45, 2.75) is 139 Å². The maximum absolute atomic E-state index is 12.4. The molecule has 74 heavy (non-hydrogen) atoms. The summed E-state index contributed by atoms with van der Waals surface area (Å²) in [6, 6.07) is 44.8. The van der Waals surface area contributed by atoms with Crippen LogP contribution in [-0.4, -0.2) is 101 Å². The Labute approximate surface area is 444 Å². The van der Waals surface area contributed by atoms with Crippen molar-refractivity contribution in [2.75, 3.05) is 28.2 Å². The summed E-state index contributed by atoms with van der Waals surface area (Å²) in [5, 5.41) is 15.3. The third kappa shape index (κ3) is 19.2. The first kappa shape index (κ1) is 58.6. The number of carbonyl (C=O) groups is 6. The molecule has 2 fully saturated rings. The minimum Gasteiger partial charge on any atom is -0.481 e. The fourth-order valence-electron chi connectivity index (χ4n) is 10.00. The molecule has 0 radical (unpaired) electrons. The van der Waals surface area contributed by atoms with Crippen molar-refractivity contribution in [3.8, 4) is 0 Å². The van der Waals surface area contributed by atoms with Crippen LogP contribution in [0.25, 0.3) is 0 Å². The van der Waals surface area contributed by atoms with Crippen LogP contribution in [0.15, 0.2) is 140 Å². The van der Waals surface area contributed by atoms with Crippen molar-refractivity contribution in [3.63, 3.8) is 0 Å². The summed E-state index contributed by atoms with van der Waals surface area (Å²) in [6.07, 6.45) is 11.9. The predicted molar refractivity (Wildman–Crippen MR) is 296 cm³/mol. The number of amides is 2. The molecule has 2 amide bonds. The van der Waals surface area contributed by atoms with Gasteiger partial charge >= 0.3 is 5.97 Å². The van der Waals surface area contributed by atoms with Gasteiger partial charge in [-0.3, -0.25) is 28.8 Å². The fraction of sp³-hybridized carbons (Fsp3) is 0.419. The van der Waals surface area contributed by atoms with E-state index in [9.17, 15) is 28.8 Å². The van der Waals surface area contributed by atoms with E-state index in [0.717, 1.165) is 64.2 Å². The molecule has 7 rings (SSSR count). The fourth-order valence-corrected chi connectivity index (χ4v) is 10.1. The van der Waals surface area contributed by atoms with Gasteiger partial charge in [-0.15, -0.1) is 0 Å². The third-order valence-electron chi connectivity index (χ3n) is 14.8. The second-order valence-corrected chi connectivity index (χ2v) is 20.9. The Morgan fingerprint density at radius 2 is 0.851 bits per heavy atom. The molecule has 3 N–H and O–H groups in total. The zero-order valence-electron chi connectivity index (χ0n) is 44.1. The van der Waals surface area contributed by atoms with E-state index in [1.807, 2.05) is 24.3 Å². The predicted octanol–water partition coefficient (Wildman–Crippen LogP) is 11.6. The number of ketones is 3. The van der Waals surface area contributed by atoms with E-state index in [1.165, 1.54) is 16.7 Å². The number of halogens is 1. The molecular weight excluding hydrogens is 948 g/mol.